The van der Waals surface area contributed by atoms with Gasteiger partial charge in [-0.15, -0.1) is 0 Å². The van der Waals surface area contributed by atoms with Crippen LogP contribution in [0.5, 0.6) is 5.75 Å². The Morgan fingerprint density at radius 3 is 2.56 bits per heavy atom. The molecule has 3 nitrogen and oxygen atoms in total. The summed E-state index contributed by atoms with van der Waals surface area (Å²) < 4.78 is 5.64. The summed E-state index contributed by atoms with van der Waals surface area (Å²) in [5.74, 6) is 0.890. The van der Waals surface area contributed by atoms with E-state index in [1.807, 2.05) is 52.2 Å². The Hall–Kier alpha value is -1.06. The van der Waals surface area contributed by atoms with Crippen LogP contribution in [0.2, 0.25) is 0 Å². The fourth-order valence-electron chi connectivity index (χ4n) is 1.59. The van der Waals surface area contributed by atoms with E-state index in [0.717, 1.165) is 17.9 Å². The lowest BCUT2D eigenvalue weighted by Crippen LogP contribution is -2.26. The first-order valence-corrected chi connectivity index (χ1v) is 5.66. The van der Waals surface area contributed by atoms with Crippen LogP contribution in [0.1, 0.15) is 25.5 Å². The zero-order chi connectivity index (χ0) is 12.1. The second kappa shape index (κ2) is 5.87. The molecule has 0 amide bonds. The van der Waals surface area contributed by atoms with Crippen LogP contribution in [0.25, 0.3) is 0 Å². The van der Waals surface area contributed by atoms with E-state index in [1.165, 1.54) is 0 Å². The lowest BCUT2D eigenvalue weighted by Gasteiger charge is -2.18. The lowest BCUT2D eigenvalue weighted by molar-refractivity contribution is 0.242. The summed E-state index contributed by atoms with van der Waals surface area (Å²) in [6.07, 6.45) is 0.195. The molecule has 1 aromatic rings. The van der Waals surface area contributed by atoms with E-state index in [1.54, 1.807) is 0 Å². The molecular formula is C13H22N2O. The van der Waals surface area contributed by atoms with Gasteiger partial charge in [-0.25, -0.2) is 0 Å². The zero-order valence-electron chi connectivity index (χ0n) is 10.6. The first-order valence-electron chi connectivity index (χ1n) is 5.66. The number of benzene rings is 1. The molecule has 1 rings (SSSR count). The van der Waals surface area contributed by atoms with Crippen molar-refractivity contribution in [1.82, 2.24) is 4.90 Å². The number of hydrogen-bond acceptors (Lipinski definition) is 3. The first-order chi connectivity index (χ1) is 7.49. The maximum Gasteiger partial charge on any atom is 0.120 e. The third-order valence-electron chi connectivity index (χ3n) is 2.22. The average Bonchev–Trinajstić information content (AvgIpc) is 2.16. The monoisotopic (exact) mass is 222 g/mol. The quantitative estimate of drug-likeness (QED) is 0.828. The Bertz CT molecular complexity index is 323. The molecule has 0 aliphatic carbocycles. The number of nitrogens with zero attached hydrogens (tertiary/aromatic N) is 1. The molecule has 0 heterocycles. The third kappa shape index (κ3) is 4.21. The average molecular weight is 222 g/mol. The van der Waals surface area contributed by atoms with Gasteiger partial charge in [0.15, 0.2) is 0 Å². The van der Waals surface area contributed by atoms with Gasteiger partial charge in [-0.3, -0.25) is 0 Å². The van der Waals surface area contributed by atoms with Crippen molar-refractivity contribution in [3.63, 3.8) is 0 Å². The van der Waals surface area contributed by atoms with Gasteiger partial charge in [0.25, 0.3) is 0 Å². The largest absolute Gasteiger partial charge is 0.491 e. The van der Waals surface area contributed by atoms with E-state index in [9.17, 15) is 0 Å². The van der Waals surface area contributed by atoms with Crippen molar-refractivity contribution in [3.05, 3.63) is 29.8 Å². The molecule has 0 saturated carbocycles. The number of rotatable bonds is 5. The highest BCUT2D eigenvalue weighted by atomic mass is 16.5. The Morgan fingerprint density at radius 2 is 2.00 bits per heavy atom. The minimum Gasteiger partial charge on any atom is -0.491 e. The van der Waals surface area contributed by atoms with Gasteiger partial charge in [-0.1, -0.05) is 12.1 Å². The SMILES string of the molecule is CC(C)Oc1cccc(C(N)CN(C)C)c1. The van der Waals surface area contributed by atoms with E-state index < -0.39 is 0 Å². The topological polar surface area (TPSA) is 38.5 Å². The van der Waals surface area contributed by atoms with Crippen LogP contribution in [0, 0.1) is 0 Å². The highest BCUT2D eigenvalue weighted by Gasteiger charge is 2.08. The van der Waals surface area contributed by atoms with Gasteiger partial charge in [0.1, 0.15) is 5.75 Å². The van der Waals surface area contributed by atoms with Gasteiger partial charge in [0, 0.05) is 12.6 Å². The molecule has 0 fully saturated rings. The highest BCUT2D eigenvalue weighted by molar-refractivity contribution is 5.30. The van der Waals surface area contributed by atoms with E-state index in [4.69, 9.17) is 10.5 Å². The molecule has 0 aromatic heterocycles. The van der Waals surface area contributed by atoms with E-state index in [2.05, 4.69) is 4.90 Å². The second-order valence-electron chi connectivity index (χ2n) is 4.61. The zero-order valence-corrected chi connectivity index (χ0v) is 10.6. The van der Waals surface area contributed by atoms with E-state index >= 15 is 0 Å². The Balaban J connectivity index is 2.73. The van der Waals surface area contributed by atoms with Crippen molar-refractivity contribution in [3.8, 4) is 5.75 Å². The second-order valence-corrected chi connectivity index (χ2v) is 4.61. The predicted octanol–water partition coefficient (Wildman–Crippen LogP) is 2.04. The maximum absolute atomic E-state index is 6.10. The van der Waals surface area contributed by atoms with Crippen molar-refractivity contribution in [1.29, 1.82) is 0 Å². The molecule has 90 valence electrons. The summed E-state index contributed by atoms with van der Waals surface area (Å²) >= 11 is 0. The summed E-state index contributed by atoms with van der Waals surface area (Å²) in [6.45, 7) is 4.88. The van der Waals surface area contributed by atoms with Crippen molar-refractivity contribution in [2.45, 2.75) is 26.0 Å². The Kier molecular flexibility index (Phi) is 4.77. The lowest BCUT2D eigenvalue weighted by atomic mass is 10.1. The van der Waals surface area contributed by atoms with Gasteiger partial charge in [0.05, 0.1) is 6.10 Å². The van der Waals surface area contributed by atoms with Crippen LogP contribution in [-0.2, 0) is 0 Å². The summed E-state index contributed by atoms with van der Waals surface area (Å²) in [5, 5.41) is 0. The Morgan fingerprint density at radius 1 is 1.31 bits per heavy atom. The van der Waals surface area contributed by atoms with Gasteiger partial charge in [-0.2, -0.15) is 0 Å². The van der Waals surface area contributed by atoms with Crippen molar-refractivity contribution in [2.75, 3.05) is 20.6 Å². The van der Waals surface area contributed by atoms with E-state index in [0.29, 0.717) is 0 Å². The number of ether oxygens (including phenoxy) is 1. The van der Waals surface area contributed by atoms with Crippen LogP contribution in [0.4, 0.5) is 0 Å². The normalized spacial score (nSPS) is 13.2. The first kappa shape index (κ1) is 13.0. The van der Waals surface area contributed by atoms with Crippen molar-refractivity contribution in [2.24, 2.45) is 5.73 Å². The van der Waals surface area contributed by atoms with Crippen molar-refractivity contribution < 1.29 is 4.74 Å². The van der Waals surface area contributed by atoms with Crippen LogP contribution in [-0.4, -0.2) is 31.6 Å². The minimum absolute atomic E-state index is 0.0331. The fourth-order valence-corrected chi connectivity index (χ4v) is 1.59. The van der Waals surface area contributed by atoms with Gasteiger partial charge in [0.2, 0.25) is 0 Å². The van der Waals surface area contributed by atoms with Crippen LogP contribution in [0.15, 0.2) is 24.3 Å². The molecule has 1 atom stereocenters. The summed E-state index contributed by atoms with van der Waals surface area (Å²) in [5.41, 5.74) is 7.22. The number of likely N-dealkylation sites (N-methyl/N-ethyl adjacent to an activating group) is 1. The van der Waals surface area contributed by atoms with Crippen molar-refractivity contribution >= 4 is 0 Å². The molecule has 0 aliphatic rings. The fraction of sp³-hybridized carbons (Fsp3) is 0.538. The van der Waals surface area contributed by atoms with Crippen LogP contribution in [0.3, 0.4) is 0 Å². The van der Waals surface area contributed by atoms with Gasteiger partial charge >= 0.3 is 0 Å². The summed E-state index contributed by atoms with van der Waals surface area (Å²) in [4.78, 5) is 2.08. The predicted molar refractivity (Wildman–Crippen MR) is 67.7 cm³/mol. The molecule has 3 heteroatoms. The smallest absolute Gasteiger partial charge is 0.120 e. The molecule has 0 saturated heterocycles. The number of hydrogen-bond donors (Lipinski definition) is 1. The Labute approximate surface area is 98.2 Å². The molecular weight excluding hydrogens is 200 g/mol. The molecule has 1 unspecified atom stereocenters. The standard InChI is InChI=1S/C13H22N2O/c1-10(2)16-12-7-5-6-11(8-12)13(14)9-15(3)4/h5-8,10,13H,9,14H2,1-4H3. The molecule has 0 aliphatic heterocycles. The molecule has 0 spiro atoms. The minimum atomic E-state index is 0.0331. The maximum atomic E-state index is 6.10. The van der Waals surface area contributed by atoms with Crippen LogP contribution < -0.4 is 10.5 Å². The highest BCUT2D eigenvalue weighted by Crippen LogP contribution is 2.19. The molecule has 2 N–H and O–H groups in total. The summed E-state index contributed by atoms with van der Waals surface area (Å²) in [6, 6.07) is 8.05. The molecule has 0 radical (unpaired) electrons. The molecule has 0 bridgehead atoms. The van der Waals surface area contributed by atoms with Gasteiger partial charge in [-0.05, 0) is 45.6 Å². The van der Waals surface area contributed by atoms with E-state index in [-0.39, 0.29) is 12.1 Å². The molecule has 16 heavy (non-hydrogen) atoms. The van der Waals surface area contributed by atoms with Gasteiger partial charge < -0.3 is 15.4 Å². The summed E-state index contributed by atoms with van der Waals surface area (Å²) in [7, 11) is 4.04. The molecule has 1 aromatic carbocycles. The van der Waals surface area contributed by atoms with Crippen LogP contribution >= 0.6 is 0 Å². The number of nitrogens with two attached hydrogens (primary N) is 1. The third-order valence-corrected chi connectivity index (χ3v) is 2.22.